The van der Waals surface area contributed by atoms with Crippen molar-refractivity contribution in [2.75, 3.05) is 0 Å². The summed E-state index contributed by atoms with van der Waals surface area (Å²) in [5.41, 5.74) is 2.65. The largest absolute Gasteiger partial charge is 0.507 e. The Morgan fingerprint density at radius 3 is 1.38 bits per heavy atom. The van der Waals surface area contributed by atoms with Gasteiger partial charge in [-0.2, -0.15) is 0 Å². The number of hydrogen-bond acceptors (Lipinski definition) is 2. The summed E-state index contributed by atoms with van der Waals surface area (Å²) in [5.74, 6) is 3.63. The molecule has 0 amide bonds. The molecule has 4 aliphatic carbocycles. The van der Waals surface area contributed by atoms with Crippen molar-refractivity contribution in [3.63, 3.8) is 0 Å². The lowest BCUT2D eigenvalue weighted by Gasteiger charge is -2.62. The molecule has 2 nitrogen and oxygen atoms in total. The van der Waals surface area contributed by atoms with Gasteiger partial charge in [-0.3, -0.25) is 0 Å². The van der Waals surface area contributed by atoms with Crippen molar-refractivity contribution in [3.05, 3.63) is 83.9 Å². The van der Waals surface area contributed by atoms with Crippen LogP contribution in [0.1, 0.15) is 43.2 Å². The van der Waals surface area contributed by atoms with Gasteiger partial charge in [0.15, 0.2) is 0 Å². The number of aromatic hydroxyl groups is 2. The van der Waals surface area contributed by atoms with Gasteiger partial charge in [-0.1, -0.05) is 60.7 Å². The zero-order chi connectivity index (χ0) is 21.4. The molecular weight excluding hydrogens is 392 g/mol. The van der Waals surface area contributed by atoms with Crippen LogP contribution in [0.3, 0.4) is 0 Å². The van der Waals surface area contributed by atoms with Crippen LogP contribution in [0.25, 0.3) is 21.5 Å². The second-order valence-corrected chi connectivity index (χ2v) is 10.5. The molecule has 0 unspecified atom stereocenters. The first-order valence-corrected chi connectivity index (χ1v) is 12.1. The third-order valence-corrected chi connectivity index (χ3v) is 9.12. The standard InChI is InChI=1S/C30H28O2/c31-28-11-3-5-22-24(28)7-1-9-26(22)30(20-14-18-13-19(16-20)17-21(30)15-18)27-10-2-8-25-23(27)6-4-12-29(25)32/h1-12,18-21,31-32H,13-17H2. The molecule has 160 valence electrons. The van der Waals surface area contributed by atoms with Gasteiger partial charge in [0.05, 0.1) is 0 Å². The highest BCUT2D eigenvalue weighted by Gasteiger charge is 2.59. The van der Waals surface area contributed by atoms with Crippen molar-refractivity contribution in [3.8, 4) is 11.5 Å². The zero-order valence-electron chi connectivity index (χ0n) is 18.2. The second-order valence-electron chi connectivity index (χ2n) is 10.5. The van der Waals surface area contributed by atoms with E-state index in [2.05, 4.69) is 36.4 Å². The van der Waals surface area contributed by atoms with Gasteiger partial charge in [-0.25, -0.2) is 0 Å². The van der Waals surface area contributed by atoms with E-state index in [0.29, 0.717) is 23.3 Å². The highest BCUT2D eigenvalue weighted by Crippen LogP contribution is 2.66. The van der Waals surface area contributed by atoms with E-state index < -0.39 is 0 Å². The van der Waals surface area contributed by atoms with Gasteiger partial charge < -0.3 is 10.2 Å². The maximum atomic E-state index is 10.7. The van der Waals surface area contributed by atoms with Gasteiger partial charge in [-0.15, -0.1) is 0 Å². The van der Waals surface area contributed by atoms with Crippen LogP contribution in [0.5, 0.6) is 11.5 Å². The SMILES string of the molecule is Oc1cccc2c(C3(c4cccc5c(O)cccc45)C4CC5CC(C4)CC3C5)cccc12. The number of phenolic OH excluding ortho intramolecular Hbond substituents is 2. The molecule has 0 aromatic heterocycles. The van der Waals surface area contributed by atoms with Crippen LogP contribution in [0.2, 0.25) is 0 Å². The third-order valence-electron chi connectivity index (χ3n) is 9.12. The van der Waals surface area contributed by atoms with E-state index in [4.69, 9.17) is 0 Å². The van der Waals surface area contributed by atoms with Gasteiger partial charge in [0.1, 0.15) is 11.5 Å². The summed E-state index contributed by atoms with van der Waals surface area (Å²) < 4.78 is 0. The summed E-state index contributed by atoms with van der Waals surface area (Å²) in [5, 5.41) is 25.6. The van der Waals surface area contributed by atoms with E-state index in [9.17, 15) is 10.2 Å². The van der Waals surface area contributed by atoms with Gasteiger partial charge in [0, 0.05) is 16.2 Å². The molecule has 4 aliphatic rings. The minimum atomic E-state index is -0.0893. The first-order chi connectivity index (χ1) is 15.7. The summed E-state index contributed by atoms with van der Waals surface area (Å²) in [6, 6.07) is 25.0. The molecule has 4 aromatic carbocycles. The monoisotopic (exact) mass is 420 g/mol. The molecule has 2 heteroatoms. The molecule has 32 heavy (non-hydrogen) atoms. The molecular formula is C30H28O2. The predicted octanol–water partition coefficient (Wildman–Crippen LogP) is 7.15. The van der Waals surface area contributed by atoms with E-state index in [0.717, 1.165) is 22.6 Å². The number of fused-ring (bicyclic) bond motifs is 2. The fraction of sp³-hybridized carbons (Fsp3) is 0.333. The van der Waals surface area contributed by atoms with Crippen LogP contribution < -0.4 is 0 Å². The highest BCUT2D eigenvalue weighted by molar-refractivity contribution is 5.95. The smallest absolute Gasteiger partial charge is 0.123 e. The Kier molecular flexibility index (Phi) is 3.78. The van der Waals surface area contributed by atoms with E-state index in [1.807, 2.05) is 24.3 Å². The van der Waals surface area contributed by atoms with Crippen LogP contribution in [0.4, 0.5) is 0 Å². The second kappa shape index (κ2) is 6.51. The van der Waals surface area contributed by atoms with Crippen LogP contribution >= 0.6 is 0 Å². The van der Waals surface area contributed by atoms with E-state index >= 15 is 0 Å². The van der Waals surface area contributed by atoms with Gasteiger partial charge in [0.25, 0.3) is 0 Å². The Morgan fingerprint density at radius 2 is 0.906 bits per heavy atom. The predicted molar refractivity (Wildman–Crippen MR) is 129 cm³/mol. The van der Waals surface area contributed by atoms with E-state index in [-0.39, 0.29) is 5.41 Å². The van der Waals surface area contributed by atoms with Crippen LogP contribution in [0, 0.1) is 23.7 Å². The molecule has 0 saturated heterocycles. The van der Waals surface area contributed by atoms with Gasteiger partial charge in [0.2, 0.25) is 0 Å². The summed E-state index contributed by atoms with van der Waals surface area (Å²) in [6.07, 6.45) is 6.57. The normalized spacial score (nSPS) is 27.9. The maximum Gasteiger partial charge on any atom is 0.123 e. The Balaban J connectivity index is 1.61. The first-order valence-electron chi connectivity index (χ1n) is 12.1. The quantitative estimate of drug-likeness (QED) is 0.362. The van der Waals surface area contributed by atoms with Crippen LogP contribution in [0.15, 0.2) is 72.8 Å². The molecule has 4 fully saturated rings. The highest BCUT2D eigenvalue weighted by atomic mass is 16.3. The molecule has 0 radical (unpaired) electrons. The average molecular weight is 421 g/mol. The Morgan fingerprint density at radius 1 is 0.500 bits per heavy atom. The number of hydrogen-bond donors (Lipinski definition) is 2. The lowest BCUT2D eigenvalue weighted by molar-refractivity contribution is -0.0406. The Labute approximate surface area is 188 Å². The topological polar surface area (TPSA) is 40.5 Å². The molecule has 4 bridgehead atoms. The molecule has 4 saturated carbocycles. The number of benzene rings is 4. The molecule has 2 N–H and O–H groups in total. The minimum absolute atomic E-state index is 0.0893. The third kappa shape index (κ3) is 2.30. The molecule has 0 aliphatic heterocycles. The van der Waals surface area contributed by atoms with Gasteiger partial charge >= 0.3 is 0 Å². The van der Waals surface area contributed by atoms with Crippen molar-refractivity contribution in [2.45, 2.75) is 37.5 Å². The first kappa shape index (κ1) is 18.6. The van der Waals surface area contributed by atoms with Crippen molar-refractivity contribution < 1.29 is 10.2 Å². The average Bonchev–Trinajstić information content (AvgIpc) is 2.80. The summed E-state index contributed by atoms with van der Waals surface area (Å²) in [6.45, 7) is 0. The molecule has 8 rings (SSSR count). The summed E-state index contributed by atoms with van der Waals surface area (Å²) >= 11 is 0. The minimum Gasteiger partial charge on any atom is -0.507 e. The molecule has 0 atom stereocenters. The Bertz CT molecular complexity index is 1250. The Hall–Kier alpha value is -3.00. The van der Waals surface area contributed by atoms with Crippen LogP contribution in [-0.4, -0.2) is 10.2 Å². The fourth-order valence-corrected chi connectivity index (χ4v) is 8.26. The van der Waals surface area contributed by atoms with Crippen LogP contribution in [-0.2, 0) is 5.41 Å². The maximum absolute atomic E-state index is 10.7. The lowest BCUT2D eigenvalue weighted by atomic mass is 9.41. The summed E-state index contributed by atoms with van der Waals surface area (Å²) in [4.78, 5) is 0. The van der Waals surface area contributed by atoms with Crippen molar-refractivity contribution in [1.29, 1.82) is 0 Å². The van der Waals surface area contributed by atoms with E-state index in [1.165, 1.54) is 54.0 Å². The van der Waals surface area contributed by atoms with Gasteiger partial charge in [-0.05, 0) is 89.8 Å². The van der Waals surface area contributed by atoms with Crippen molar-refractivity contribution >= 4 is 21.5 Å². The van der Waals surface area contributed by atoms with Crippen molar-refractivity contribution in [1.82, 2.24) is 0 Å². The van der Waals surface area contributed by atoms with Crippen molar-refractivity contribution in [2.24, 2.45) is 23.7 Å². The molecule has 0 heterocycles. The van der Waals surface area contributed by atoms with E-state index in [1.54, 1.807) is 12.1 Å². The summed E-state index contributed by atoms with van der Waals surface area (Å²) in [7, 11) is 0. The lowest BCUT2D eigenvalue weighted by Crippen LogP contribution is -2.56. The number of rotatable bonds is 2. The molecule has 4 aromatic rings. The zero-order valence-corrected chi connectivity index (χ0v) is 18.2. The molecule has 0 spiro atoms. The fourth-order valence-electron chi connectivity index (χ4n) is 8.26. The number of phenols is 2.